The standard InChI is InChI=1S/C21H31N5OS/c1-3-28-21(9-13-27-14-10-21)17-24-20(22-2)23-15-18-7-4-5-8-19(18)16-26-12-6-11-25-26/h4-8,11-12H,3,9-10,13-17H2,1-2H3,(H2,22,23,24). The Labute approximate surface area is 172 Å². The average Bonchev–Trinajstić information content (AvgIpc) is 3.23. The molecule has 1 aromatic heterocycles. The lowest BCUT2D eigenvalue weighted by molar-refractivity contribution is 0.0782. The van der Waals surface area contributed by atoms with Crippen LogP contribution >= 0.6 is 11.8 Å². The van der Waals surface area contributed by atoms with Crippen molar-refractivity contribution in [2.24, 2.45) is 4.99 Å². The van der Waals surface area contributed by atoms with Crippen LogP contribution in [0.15, 0.2) is 47.7 Å². The number of rotatable bonds is 8. The van der Waals surface area contributed by atoms with E-state index in [1.165, 1.54) is 11.1 Å². The number of ether oxygens (including phenoxy) is 1. The summed E-state index contributed by atoms with van der Waals surface area (Å²) in [6.07, 6.45) is 5.97. The van der Waals surface area contributed by atoms with Crippen molar-refractivity contribution in [1.29, 1.82) is 0 Å². The van der Waals surface area contributed by atoms with Crippen molar-refractivity contribution in [2.75, 3.05) is 32.6 Å². The molecule has 2 aromatic rings. The first kappa shape index (κ1) is 20.7. The smallest absolute Gasteiger partial charge is 0.191 e. The summed E-state index contributed by atoms with van der Waals surface area (Å²) in [5.41, 5.74) is 2.52. The van der Waals surface area contributed by atoms with Crippen LogP contribution in [-0.4, -0.2) is 53.0 Å². The zero-order valence-electron chi connectivity index (χ0n) is 16.9. The van der Waals surface area contributed by atoms with Crippen LogP contribution in [0.4, 0.5) is 0 Å². The van der Waals surface area contributed by atoms with Crippen molar-refractivity contribution >= 4 is 17.7 Å². The molecule has 0 amide bonds. The van der Waals surface area contributed by atoms with Gasteiger partial charge in [-0.05, 0) is 35.8 Å². The van der Waals surface area contributed by atoms with Gasteiger partial charge in [0.05, 0.1) is 6.54 Å². The van der Waals surface area contributed by atoms with Gasteiger partial charge in [-0.2, -0.15) is 16.9 Å². The van der Waals surface area contributed by atoms with Gasteiger partial charge in [-0.3, -0.25) is 9.67 Å². The molecule has 0 spiro atoms. The predicted octanol–water partition coefficient (Wildman–Crippen LogP) is 2.90. The molecule has 28 heavy (non-hydrogen) atoms. The summed E-state index contributed by atoms with van der Waals surface area (Å²) in [5.74, 6) is 1.96. The van der Waals surface area contributed by atoms with Crippen molar-refractivity contribution in [1.82, 2.24) is 20.4 Å². The van der Waals surface area contributed by atoms with Gasteiger partial charge in [-0.15, -0.1) is 0 Å². The van der Waals surface area contributed by atoms with Gasteiger partial charge < -0.3 is 15.4 Å². The topological polar surface area (TPSA) is 63.5 Å². The number of nitrogens with one attached hydrogen (secondary N) is 2. The Morgan fingerprint density at radius 3 is 2.68 bits per heavy atom. The maximum Gasteiger partial charge on any atom is 0.191 e. The molecule has 7 heteroatoms. The Morgan fingerprint density at radius 1 is 1.21 bits per heavy atom. The van der Waals surface area contributed by atoms with Gasteiger partial charge in [0, 0.05) is 50.5 Å². The first-order valence-electron chi connectivity index (χ1n) is 9.95. The third-order valence-corrected chi connectivity index (χ3v) is 6.57. The molecule has 1 saturated heterocycles. The summed E-state index contributed by atoms with van der Waals surface area (Å²) < 4.78 is 7.76. The van der Waals surface area contributed by atoms with Gasteiger partial charge in [0.15, 0.2) is 5.96 Å². The molecule has 3 rings (SSSR count). The second-order valence-electron chi connectivity index (χ2n) is 6.98. The maximum absolute atomic E-state index is 5.57. The molecule has 1 aromatic carbocycles. The molecule has 6 nitrogen and oxygen atoms in total. The fraction of sp³-hybridized carbons (Fsp3) is 0.524. The van der Waals surface area contributed by atoms with Gasteiger partial charge in [0.1, 0.15) is 0 Å². The zero-order valence-corrected chi connectivity index (χ0v) is 17.7. The van der Waals surface area contributed by atoms with Gasteiger partial charge in [0.25, 0.3) is 0 Å². The van der Waals surface area contributed by atoms with E-state index in [1.807, 2.05) is 42.0 Å². The first-order chi connectivity index (χ1) is 13.7. The van der Waals surface area contributed by atoms with E-state index in [1.54, 1.807) is 0 Å². The van der Waals surface area contributed by atoms with Gasteiger partial charge in [-0.25, -0.2) is 0 Å². The van der Waals surface area contributed by atoms with Crippen LogP contribution in [0.1, 0.15) is 30.9 Å². The number of nitrogens with zero attached hydrogens (tertiary/aromatic N) is 3. The highest BCUT2D eigenvalue weighted by atomic mass is 32.2. The number of aromatic nitrogens is 2. The van der Waals surface area contributed by atoms with E-state index in [9.17, 15) is 0 Å². The normalized spacial score (nSPS) is 16.7. The van der Waals surface area contributed by atoms with Gasteiger partial charge in [-0.1, -0.05) is 31.2 Å². The predicted molar refractivity (Wildman–Crippen MR) is 117 cm³/mol. The molecule has 0 unspecified atom stereocenters. The molecule has 152 valence electrons. The van der Waals surface area contributed by atoms with Crippen LogP contribution in [0.25, 0.3) is 0 Å². The number of thioether (sulfide) groups is 1. The molecule has 0 aliphatic carbocycles. The van der Waals surface area contributed by atoms with Crippen LogP contribution in [0, 0.1) is 0 Å². The highest BCUT2D eigenvalue weighted by Gasteiger charge is 2.32. The minimum Gasteiger partial charge on any atom is -0.381 e. The molecule has 1 fully saturated rings. The van der Waals surface area contributed by atoms with E-state index in [0.717, 1.165) is 57.4 Å². The van der Waals surface area contributed by atoms with E-state index in [2.05, 4.69) is 51.9 Å². The van der Waals surface area contributed by atoms with Crippen molar-refractivity contribution in [3.05, 3.63) is 53.9 Å². The fourth-order valence-corrected chi connectivity index (χ4v) is 4.76. The monoisotopic (exact) mass is 401 g/mol. The molecule has 0 atom stereocenters. The highest BCUT2D eigenvalue weighted by molar-refractivity contribution is 8.00. The summed E-state index contributed by atoms with van der Waals surface area (Å²) in [7, 11) is 1.83. The summed E-state index contributed by atoms with van der Waals surface area (Å²) in [5, 5.41) is 11.3. The van der Waals surface area contributed by atoms with Gasteiger partial charge in [0.2, 0.25) is 0 Å². The summed E-state index contributed by atoms with van der Waals surface area (Å²) in [6.45, 7) is 6.33. The van der Waals surface area contributed by atoms with Crippen LogP contribution in [-0.2, 0) is 17.8 Å². The van der Waals surface area contributed by atoms with Crippen molar-refractivity contribution in [2.45, 2.75) is 37.6 Å². The highest BCUT2D eigenvalue weighted by Crippen LogP contribution is 2.34. The van der Waals surface area contributed by atoms with E-state index in [4.69, 9.17) is 4.74 Å². The number of hydrogen-bond donors (Lipinski definition) is 2. The van der Waals surface area contributed by atoms with E-state index in [0.29, 0.717) is 0 Å². The molecule has 1 aliphatic rings. The molecule has 2 heterocycles. The van der Waals surface area contributed by atoms with Crippen molar-refractivity contribution < 1.29 is 4.74 Å². The Kier molecular flexibility index (Phi) is 7.80. The Hall–Kier alpha value is -1.99. The Morgan fingerprint density at radius 2 is 2.00 bits per heavy atom. The first-order valence-corrected chi connectivity index (χ1v) is 10.9. The zero-order chi connectivity index (χ0) is 19.7. The van der Waals surface area contributed by atoms with Crippen molar-refractivity contribution in [3.8, 4) is 0 Å². The van der Waals surface area contributed by atoms with Gasteiger partial charge >= 0.3 is 0 Å². The summed E-state index contributed by atoms with van der Waals surface area (Å²) in [6, 6.07) is 10.4. The van der Waals surface area contributed by atoms with Crippen molar-refractivity contribution in [3.63, 3.8) is 0 Å². The third kappa shape index (κ3) is 5.75. The molecular formula is C21H31N5OS. The maximum atomic E-state index is 5.57. The van der Waals surface area contributed by atoms with Crippen LogP contribution in [0.3, 0.4) is 0 Å². The molecule has 0 bridgehead atoms. The number of guanidine groups is 1. The number of benzene rings is 1. The van der Waals surface area contributed by atoms with E-state index < -0.39 is 0 Å². The Bertz CT molecular complexity index is 736. The summed E-state index contributed by atoms with van der Waals surface area (Å²) in [4.78, 5) is 4.42. The van der Waals surface area contributed by atoms with E-state index >= 15 is 0 Å². The fourth-order valence-electron chi connectivity index (χ4n) is 3.52. The third-order valence-electron chi connectivity index (χ3n) is 5.11. The minimum atomic E-state index is 0.239. The lowest BCUT2D eigenvalue weighted by Gasteiger charge is -2.37. The number of aliphatic imine (C=N–C) groups is 1. The molecule has 0 radical (unpaired) electrons. The SMILES string of the molecule is CCSC1(CNC(=NC)NCc2ccccc2Cn2cccn2)CCOCC1. The molecule has 0 saturated carbocycles. The van der Waals surface area contributed by atoms with Crippen LogP contribution < -0.4 is 10.6 Å². The quantitative estimate of drug-likeness (QED) is 0.526. The molecule has 1 aliphatic heterocycles. The lowest BCUT2D eigenvalue weighted by atomic mass is 9.99. The molecular weight excluding hydrogens is 370 g/mol. The second kappa shape index (κ2) is 10.5. The second-order valence-corrected chi connectivity index (χ2v) is 8.71. The van der Waals surface area contributed by atoms with Crippen LogP contribution in [0.5, 0.6) is 0 Å². The van der Waals surface area contributed by atoms with Crippen LogP contribution in [0.2, 0.25) is 0 Å². The number of hydrogen-bond acceptors (Lipinski definition) is 4. The van der Waals surface area contributed by atoms with E-state index in [-0.39, 0.29) is 4.75 Å². The summed E-state index contributed by atoms with van der Waals surface area (Å²) >= 11 is 2.04. The largest absolute Gasteiger partial charge is 0.381 e. The Balaban J connectivity index is 1.57. The lowest BCUT2D eigenvalue weighted by Crippen LogP contribution is -2.48. The molecule has 2 N–H and O–H groups in total. The average molecular weight is 402 g/mol. The minimum absolute atomic E-state index is 0.239.